The maximum absolute atomic E-state index is 14.0. The van der Waals surface area contributed by atoms with Gasteiger partial charge in [-0.2, -0.15) is 0 Å². The van der Waals surface area contributed by atoms with Gasteiger partial charge in [0.1, 0.15) is 11.6 Å². The molecule has 1 atom stereocenters. The third-order valence-corrected chi connectivity index (χ3v) is 4.32. The van der Waals surface area contributed by atoms with Crippen molar-refractivity contribution >= 4 is 15.9 Å². The lowest BCUT2D eigenvalue weighted by atomic mass is 9.98. The number of piperidine rings is 1. The Balaban J connectivity index is 2.17. The molecule has 0 aliphatic carbocycles. The summed E-state index contributed by atoms with van der Waals surface area (Å²) in [5.74, 6) is -1.03. The summed E-state index contributed by atoms with van der Waals surface area (Å²) >= 11 is 3.09. The van der Waals surface area contributed by atoms with Crippen LogP contribution in [-0.4, -0.2) is 29.2 Å². The SMILES string of the molecule is OCCC1CCCCN1Cc1c(F)ccc(Br)c1F. The Morgan fingerprint density at radius 3 is 2.84 bits per heavy atom. The van der Waals surface area contributed by atoms with Gasteiger partial charge in [0, 0.05) is 24.8 Å². The number of benzene rings is 1. The van der Waals surface area contributed by atoms with Crippen molar-refractivity contribution in [2.45, 2.75) is 38.3 Å². The van der Waals surface area contributed by atoms with Gasteiger partial charge in [-0.3, -0.25) is 4.90 Å². The molecule has 1 saturated heterocycles. The van der Waals surface area contributed by atoms with Crippen molar-refractivity contribution in [1.82, 2.24) is 4.90 Å². The Morgan fingerprint density at radius 1 is 1.32 bits per heavy atom. The first-order chi connectivity index (χ1) is 9.13. The van der Waals surface area contributed by atoms with Crippen LogP contribution in [0.15, 0.2) is 16.6 Å². The second kappa shape index (κ2) is 6.77. The largest absolute Gasteiger partial charge is 0.396 e. The van der Waals surface area contributed by atoms with Crippen LogP contribution < -0.4 is 0 Å². The first-order valence-corrected chi connectivity index (χ1v) is 7.40. The van der Waals surface area contributed by atoms with Crippen LogP contribution in [0.3, 0.4) is 0 Å². The van der Waals surface area contributed by atoms with Crippen LogP contribution >= 0.6 is 15.9 Å². The maximum atomic E-state index is 14.0. The summed E-state index contributed by atoms with van der Waals surface area (Å²) in [7, 11) is 0. The summed E-state index contributed by atoms with van der Waals surface area (Å²) in [6.45, 7) is 1.21. The van der Waals surface area contributed by atoms with Gasteiger partial charge in [0.15, 0.2) is 0 Å². The molecule has 1 unspecified atom stereocenters. The molecule has 0 amide bonds. The van der Waals surface area contributed by atoms with Gasteiger partial charge in [-0.15, -0.1) is 0 Å². The van der Waals surface area contributed by atoms with E-state index in [0.717, 1.165) is 25.8 Å². The average molecular weight is 334 g/mol. The fraction of sp³-hybridized carbons (Fsp3) is 0.571. The molecule has 1 aromatic carbocycles. The highest BCUT2D eigenvalue weighted by Gasteiger charge is 2.24. The summed E-state index contributed by atoms with van der Waals surface area (Å²) in [5.41, 5.74) is 0.110. The Morgan fingerprint density at radius 2 is 2.11 bits per heavy atom. The highest BCUT2D eigenvalue weighted by molar-refractivity contribution is 9.10. The summed E-state index contributed by atoms with van der Waals surface area (Å²) < 4.78 is 28.0. The minimum absolute atomic E-state index is 0.110. The van der Waals surface area contributed by atoms with Gasteiger partial charge in [-0.1, -0.05) is 6.42 Å². The van der Waals surface area contributed by atoms with Crippen LogP contribution in [0, 0.1) is 11.6 Å². The summed E-state index contributed by atoms with van der Waals surface area (Å²) in [5, 5.41) is 9.07. The van der Waals surface area contributed by atoms with Gasteiger partial charge >= 0.3 is 0 Å². The highest BCUT2D eigenvalue weighted by Crippen LogP contribution is 2.26. The third kappa shape index (κ3) is 3.52. The molecule has 19 heavy (non-hydrogen) atoms. The van der Waals surface area contributed by atoms with E-state index < -0.39 is 11.6 Å². The van der Waals surface area contributed by atoms with Crippen molar-refractivity contribution in [2.75, 3.05) is 13.2 Å². The summed E-state index contributed by atoms with van der Waals surface area (Å²) in [6, 6.07) is 2.89. The van der Waals surface area contributed by atoms with Crippen LogP contribution in [0.4, 0.5) is 8.78 Å². The maximum Gasteiger partial charge on any atom is 0.144 e. The van der Waals surface area contributed by atoms with Crippen LogP contribution in [0.2, 0.25) is 0 Å². The Hall–Kier alpha value is -0.520. The third-order valence-electron chi connectivity index (χ3n) is 3.71. The first-order valence-electron chi connectivity index (χ1n) is 6.60. The van der Waals surface area contributed by atoms with Crippen LogP contribution in [0.25, 0.3) is 0 Å². The Labute approximate surface area is 120 Å². The van der Waals surface area contributed by atoms with Gasteiger partial charge < -0.3 is 5.11 Å². The number of aliphatic hydroxyl groups excluding tert-OH is 1. The topological polar surface area (TPSA) is 23.5 Å². The van der Waals surface area contributed by atoms with Crippen LogP contribution in [-0.2, 0) is 6.54 Å². The molecule has 2 nitrogen and oxygen atoms in total. The van der Waals surface area contributed by atoms with E-state index in [1.807, 2.05) is 0 Å². The molecule has 5 heteroatoms. The van der Waals surface area contributed by atoms with E-state index in [-0.39, 0.29) is 24.8 Å². The highest BCUT2D eigenvalue weighted by atomic mass is 79.9. The predicted octanol–water partition coefficient (Wildman–Crippen LogP) is 3.46. The molecule has 0 bridgehead atoms. The number of nitrogens with zero attached hydrogens (tertiary/aromatic N) is 1. The molecule has 0 saturated carbocycles. The lowest BCUT2D eigenvalue weighted by Gasteiger charge is -2.35. The van der Waals surface area contributed by atoms with E-state index in [1.54, 1.807) is 0 Å². The zero-order valence-corrected chi connectivity index (χ0v) is 12.3. The van der Waals surface area contributed by atoms with Gasteiger partial charge in [0.05, 0.1) is 4.47 Å². The van der Waals surface area contributed by atoms with Crippen LogP contribution in [0.1, 0.15) is 31.2 Å². The molecule has 2 rings (SSSR count). The molecular weight excluding hydrogens is 316 g/mol. The van der Waals surface area contributed by atoms with Gasteiger partial charge in [0.25, 0.3) is 0 Å². The fourth-order valence-electron chi connectivity index (χ4n) is 2.66. The first kappa shape index (κ1) is 14.9. The van der Waals surface area contributed by atoms with E-state index in [9.17, 15) is 8.78 Å². The number of halogens is 3. The van der Waals surface area contributed by atoms with Gasteiger partial charge in [0.2, 0.25) is 0 Å². The van der Waals surface area contributed by atoms with Crippen molar-refractivity contribution in [3.8, 4) is 0 Å². The van der Waals surface area contributed by atoms with Crippen LogP contribution in [0.5, 0.6) is 0 Å². The molecule has 1 aromatic rings. The van der Waals surface area contributed by atoms with E-state index in [4.69, 9.17) is 5.11 Å². The van der Waals surface area contributed by atoms with Crippen molar-refractivity contribution in [1.29, 1.82) is 0 Å². The van der Waals surface area contributed by atoms with Crippen molar-refractivity contribution in [3.05, 3.63) is 33.8 Å². The molecule has 1 aliphatic heterocycles. The molecule has 0 radical (unpaired) electrons. The Kier molecular flexibility index (Phi) is 5.30. The monoisotopic (exact) mass is 333 g/mol. The zero-order chi connectivity index (χ0) is 13.8. The summed E-state index contributed by atoms with van der Waals surface area (Å²) in [4.78, 5) is 2.08. The minimum Gasteiger partial charge on any atom is -0.396 e. The second-order valence-electron chi connectivity index (χ2n) is 4.95. The van der Waals surface area contributed by atoms with Gasteiger partial charge in [-0.05, 0) is 53.9 Å². The number of rotatable bonds is 4. The molecule has 106 valence electrons. The second-order valence-corrected chi connectivity index (χ2v) is 5.81. The Bertz CT molecular complexity index is 440. The molecule has 1 N–H and O–H groups in total. The van der Waals surface area contributed by atoms with Crippen molar-refractivity contribution in [3.63, 3.8) is 0 Å². The normalized spacial score (nSPS) is 20.7. The number of hydrogen-bond acceptors (Lipinski definition) is 2. The quantitative estimate of drug-likeness (QED) is 0.853. The molecule has 1 heterocycles. The van der Waals surface area contributed by atoms with E-state index in [0.29, 0.717) is 10.9 Å². The van der Waals surface area contributed by atoms with Crippen molar-refractivity contribution in [2.24, 2.45) is 0 Å². The number of hydrogen-bond donors (Lipinski definition) is 1. The average Bonchev–Trinajstić information content (AvgIpc) is 2.41. The van der Waals surface area contributed by atoms with E-state index in [1.165, 1.54) is 12.1 Å². The molecule has 1 aliphatic rings. The lowest BCUT2D eigenvalue weighted by molar-refractivity contribution is 0.110. The van der Waals surface area contributed by atoms with E-state index in [2.05, 4.69) is 20.8 Å². The van der Waals surface area contributed by atoms with Crippen molar-refractivity contribution < 1.29 is 13.9 Å². The lowest BCUT2D eigenvalue weighted by Crippen LogP contribution is -2.39. The fourth-order valence-corrected chi connectivity index (χ4v) is 3.03. The number of likely N-dealkylation sites (tertiary alicyclic amines) is 1. The molecule has 0 spiro atoms. The summed E-state index contributed by atoms with van der Waals surface area (Å²) in [6.07, 6.45) is 3.80. The van der Waals surface area contributed by atoms with Gasteiger partial charge in [-0.25, -0.2) is 8.78 Å². The van der Waals surface area contributed by atoms with E-state index >= 15 is 0 Å². The smallest absolute Gasteiger partial charge is 0.144 e. The number of aliphatic hydroxyl groups is 1. The molecule has 1 fully saturated rings. The standard InChI is InChI=1S/C14H18BrF2NO/c15-12-4-5-13(16)11(14(12)17)9-18-7-2-1-3-10(18)6-8-19/h4-5,10,19H,1-3,6-9H2. The molecule has 0 aromatic heterocycles. The minimum atomic E-state index is -0.520. The predicted molar refractivity (Wildman–Crippen MR) is 73.8 cm³/mol. The molecular formula is C14H18BrF2NO. The zero-order valence-electron chi connectivity index (χ0n) is 10.7.